The largest absolute Gasteiger partial charge is 0.466 e. The zero-order chi connectivity index (χ0) is 13.0. The van der Waals surface area contributed by atoms with E-state index in [-0.39, 0.29) is 5.56 Å². The molecule has 0 spiro atoms. The number of carbonyl (C=O) groups is 2. The van der Waals surface area contributed by atoms with E-state index < -0.39 is 28.8 Å². The van der Waals surface area contributed by atoms with Gasteiger partial charge in [0.05, 0.1) is 12.7 Å². The Balaban J connectivity index is 3.11. The third-order valence-corrected chi connectivity index (χ3v) is 2.03. The number of rotatable bonds is 3. The Hall–Kier alpha value is -1.98. The lowest BCUT2D eigenvalue weighted by Gasteiger charge is -2.02. The first-order chi connectivity index (χ1) is 7.95. The second-order valence-corrected chi connectivity index (χ2v) is 3.27. The summed E-state index contributed by atoms with van der Waals surface area (Å²) in [7, 11) is 2.26. The molecule has 6 heteroatoms. The van der Waals surface area contributed by atoms with Gasteiger partial charge in [0.25, 0.3) is 0 Å². The molecule has 0 aromatic heterocycles. The fourth-order valence-corrected chi connectivity index (χ4v) is 1.26. The normalized spacial score (nSPS) is 10.5. The van der Waals surface area contributed by atoms with Gasteiger partial charge in [0.15, 0.2) is 7.85 Å². The van der Waals surface area contributed by atoms with Crippen molar-refractivity contribution in [2.75, 3.05) is 7.11 Å². The molecule has 88 valence electrons. The Morgan fingerprint density at radius 1 is 1.29 bits per heavy atom. The van der Waals surface area contributed by atoms with Gasteiger partial charge in [-0.05, 0) is 23.8 Å². The first-order valence-electron chi connectivity index (χ1n) is 4.71. The molecule has 0 bridgehead atoms. The van der Waals surface area contributed by atoms with Crippen LogP contribution in [0.15, 0.2) is 18.2 Å². The Bertz CT molecular complexity index is 474. The predicted octanol–water partition coefficient (Wildman–Crippen LogP) is 0.924. The van der Waals surface area contributed by atoms with Gasteiger partial charge in [-0.2, -0.15) is 0 Å². The van der Waals surface area contributed by atoms with Gasteiger partial charge < -0.3 is 9.53 Å². The van der Waals surface area contributed by atoms with Crippen molar-refractivity contribution in [3.63, 3.8) is 0 Å². The molecule has 0 amide bonds. The maximum atomic E-state index is 13.4. The van der Waals surface area contributed by atoms with Crippen LogP contribution in [0.4, 0.5) is 8.78 Å². The minimum absolute atomic E-state index is 0.135. The highest BCUT2D eigenvalue weighted by atomic mass is 19.1. The monoisotopic (exact) mass is 238 g/mol. The van der Waals surface area contributed by atoms with Crippen LogP contribution in [0.5, 0.6) is 0 Å². The summed E-state index contributed by atoms with van der Waals surface area (Å²) in [6, 6.07) is 1.94. The average molecular weight is 238 g/mol. The lowest BCUT2D eigenvalue weighted by atomic mass is 9.93. The number of methoxy groups -OCH3 is 1. The first kappa shape index (κ1) is 13.1. The second kappa shape index (κ2) is 5.38. The van der Waals surface area contributed by atoms with Crippen LogP contribution in [-0.4, -0.2) is 26.6 Å². The fourth-order valence-electron chi connectivity index (χ4n) is 1.26. The van der Waals surface area contributed by atoms with E-state index in [0.29, 0.717) is 0 Å². The standard InChI is InChI=1S/C11H9BF2O3/c1-17-9(15)3-2-6-4-7(13)10(11(12)16)8(14)5-6/h2-5H,12H2,1H3/b3-2+. The Morgan fingerprint density at radius 2 is 1.82 bits per heavy atom. The molecule has 0 N–H and O–H groups in total. The highest BCUT2D eigenvalue weighted by molar-refractivity contribution is 6.62. The number of carbonyl (C=O) groups excluding carboxylic acids is 2. The minimum Gasteiger partial charge on any atom is -0.466 e. The summed E-state index contributed by atoms with van der Waals surface area (Å²) in [5.41, 5.74) is -1.14. The van der Waals surface area contributed by atoms with E-state index in [2.05, 4.69) is 4.74 Å². The van der Waals surface area contributed by atoms with Gasteiger partial charge >= 0.3 is 5.97 Å². The average Bonchev–Trinajstić information content (AvgIpc) is 2.24. The van der Waals surface area contributed by atoms with Crippen molar-refractivity contribution in [3.8, 4) is 0 Å². The summed E-state index contributed by atoms with van der Waals surface area (Å²) in [6.07, 6.45) is 2.23. The van der Waals surface area contributed by atoms with Gasteiger partial charge in [0.2, 0.25) is 0 Å². The van der Waals surface area contributed by atoms with Crippen LogP contribution in [0, 0.1) is 11.6 Å². The molecule has 0 heterocycles. The van der Waals surface area contributed by atoms with E-state index in [9.17, 15) is 18.4 Å². The third-order valence-electron chi connectivity index (χ3n) is 2.03. The van der Waals surface area contributed by atoms with E-state index in [0.717, 1.165) is 26.1 Å². The molecular weight excluding hydrogens is 229 g/mol. The SMILES string of the molecule is BC(=O)c1c(F)cc(/C=C/C(=O)OC)cc1F. The summed E-state index contributed by atoms with van der Waals surface area (Å²) in [6.45, 7) is 0. The predicted molar refractivity (Wildman–Crippen MR) is 60.3 cm³/mol. The van der Waals surface area contributed by atoms with Crippen LogP contribution >= 0.6 is 0 Å². The topological polar surface area (TPSA) is 43.4 Å². The van der Waals surface area contributed by atoms with Crippen molar-refractivity contribution in [2.45, 2.75) is 0 Å². The van der Waals surface area contributed by atoms with Crippen LogP contribution in [-0.2, 0) is 9.53 Å². The zero-order valence-electron chi connectivity index (χ0n) is 9.29. The molecule has 1 aromatic rings. The number of hydrogen-bond donors (Lipinski definition) is 0. The van der Waals surface area contributed by atoms with Gasteiger partial charge in [-0.15, -0.1) is 0 Å². The Labute approximate surface area is 97.5 Å². The fraction of sp³-hybridized carbons (Fsp3) is 0.0909. The first-order valence-corrected chi connectivity index (χ1v) is 4.71. The number of esters is 1. The number of hydrogen-bond acceptors (Lipinski definition) is 3. The van der Waals surface area contributed by atoms with Crippen molar-refractivity contribution in [2.24, 2.45) is 0 Å². The van der Waals surface area contributed by atoms with Gasteiger partial charge in [-0.1, -0.05) is 0 Å². The third kappa shape index (κ3) is 3.24. The molecule has 1 aromatic carbocycles. The molecule has 1 rings (SSSR count). The van der Waals surface area contributed by atoms with Gasteiger partial charge in [0, 0.05) is 6.08 Å². The summed E-state index contributed by atoms with van der Waals surface area (Å²) in [4.78, 5) is 21.7. The molecule has 0 atom stereocenters. The van der Waals surface area contributed by atoms with Gasteiger partial charge in [-0.3, -0.25) is 0 Å². The van der Waals surface area contributed by atoms with Gasteiger partial charge in [0.1, 0.15) is 17.3 Å². The molecule has 17 heavy (non-hydrogen) atoms. The Kier molecular flexibility index (Phi) is 4.14. The molecule has 0 aliphatic carbocycles. The van der Waals surface area contributed by atoms with Crippen molar-refractivity contribution >= 4 is 25.6 Å². The summed E-state index contributed by atoms with van der Waals surface area (Å²) >= 11 is 0. The highest BCUT2D eigenvalue weighted by Gasteiger charge is 2.13. The maximum Gasteiger partial charge on any atom is 0.330 e. The minimum atomic E-state index is -0.956. The molecule has 0 fully saturated rings. The van der Waals surface area contributed by atoms with E-state index in [1.807, 2.05) is 0 Å². The number of benzene rings is 1. The van der Waals surface area contributed by atoms with Crippen molar-refractivity contribution in [1.29, 1.82) is 0 Å². The molecule has 0 aliphatic rings. The highest BCUT2D eigenvalue weighted by Crippen LogP contribution is 2.16. The molecule has 0 aliphatic heterocycles. The van der Waals surface area contributed by atoms with E-state index in [1.165, 1.54) is 13.2 Å². The summed E-state index contributed by atoms with van der Waals surface area (Å²) in [5.74, 6) is -2.55. The van der Waals surface area contributed by atoms with Crippen LogP contribution < -0.4 is 0 Å². The maximum absolute atomic E-state index is 13.4. The van der Waals surface area contributed by atoms with Crippen molar-refractivity contribution in [3.05, 3.63) is 41.0 Å². The van der Waals surface area contributed by atoms with E-state index in [1.54, 1.807) is 0 Å². The number of ether oxygens (including phenoxy) is 1. The van der Waals surface area contributed by atoms with Crippen LogP contribution in [0.25, 0.3) is 6.08 Å². The molecule has 0 unspecified atom stereocenters. The lowest BCUT2D eigenvalue weighted by Crippen LogP contribution is -2.05. The van der Waals surface area contributed by atoms with Crippen molar-refractivity contribution in [1.82, 2.24) is 0 Å². The summed E-state index contributed by atoms with van der Waals surface area (Å²) < 4.78 is 31.0. The molecular formula is C11H9BF2O3. The quantitative estimate of drug-likeness (QED) is 0.446. The van der Waals surface area contributed by atoms with E-state index in [4.69, 9.17) is 0 Å². The molecule has 0 saturated carbocycles. The molecule has 3 nitrogen and oxygen atoms in total. The zero-order valence-corrected chi connectivity index (χ0v) is 9.29. The van der Waals surface area contributed by atoms with Crippen LogP contribution in [0.2, 0.25) is 0 Å². The second-order valence-electron chi connectivity index (χ2n) is 3.27. The van der Waals surface area contributed by atoms with Crippen LogP contribution in [0.1, 0.15) is 15.9 Å². The molecule has 0 saturated heterocycles. The smallest absolute Gasteiger partial charge is 0.330 e. The van der Waals surface area contributed by atoms with E-state index >= 15 is 0 Å². The Morgan fingerprint density at radius 3 is 2.24 bits per heavy atom. The molecule has 0 radical (unpaired) electrons. The van der Waals surface area contributed by atoms with Gasteiger partial charge in [-0.25, -0.2) is 13.6 Å². The number of halogens is 2. The lowest BCUT2D eigenvalue weighted by molar-refractivity contribution is -0.134. The summed E-state index contributed by atoms with van der Waals surface area (Å²) in [5, 5.41) is 0. The van der Waals surface area contributed by atoms with Crippen LogP contribution in [0.3, 0.4) is 0 Å². The van der Waals surface area contributed by atoms with Crippen molar-refractivity contribution < 1.29 is 23.1 Å².